The average Bonchev–Trinajstić information content (AvgIpc) is 3.08. The van der Waals surface area contributed by atoms with Crippen molar-refractivity contribution in [2.24, 2.45) is 0 Å². The van der Waals surface area contributed by atoms with Gasteiger partial charge in [-0.05, 0) is 46.4 Å². The molecule has 5 heteroatoms. The predicted octanol–water partition coefficient (Wildman–Crippen LogP) is 6.42. The number of carbonyl (C=O) groups excluding carboxylic acids is 1. The van der Waals surface area contributed by atoms with E-state index in [-0.39, 0.29) is 10.9 Å². The molecule has 0 saturated heterocycles. The smallest absolute Gasteiger partial charge is 0.407 e. The maximum absolute atomic E-state index is 13.2. The topological polar surface area (TPSA) is 38.3 Å². The zero-order chi connectivity index (χ0) is 20.9. The van der Waals surface area contributed by atoms with E-state index in [9.17, 15) is 9.18 Å². The SMILES string of the molecule is O=C(NCCC=Cc1ccc(F)c(Cl)c1)OCC1c2ccccc2-c2ccccc21. The van der Waals surface area contributed by atoms with Crippen molar-refractivity contribution in [3.8, 4) is 11.1 Å². The second kappa shape index (κ2) is 9.14. The Labute approximate surface area is 180 Å². The summed E-state index contributed by atoms with van der Waals surface area (Å²) < 4.78 is 18.7. The van der Waals surface area contributed by atoms with Gasteiger partial charge >= 0.3 is 6.09 Å². The van der Waals surface area contributed by atoms with E-state index < -0.39 is 11.9 Å². The molecule has 1 N–H and O–H groups in total. The van der Waals surface area contributed by atoms with Gasteiger partial charge in [-0.15, -0.1) is 0 Å². The van der Waals surface area contributed by atoms with E-state index >= 15 is 0 Å². The fourth-order valence-electron chi connectivity index (χ4n) is 3.74. The van der Waals surface area contributed by atoms with E-state index in [0.717, 1.165) is 5.56 Å². The van der Waals surface area contributed by atoms with Crippen molar-refractivity contribution in [3.63, 3.8) is 0 Å². The van der Waals surface area contributed by atoms with Crippen LogP contribution in [-0.4, -0.2) is 19.2 Å². The molecule has 4 rings (SSSR count). The summed E-state index contributed by atoms with van der Waals surface area (Å²) in [6, 6.07) is 21.0. The third kappa shape index (κ3) is 4.39. The van der Waals surface area contributed by atoms with Gasteiger partial charge in [0.05, 0.1) is 5.02 Å². The number of ether oxygens (including phenoxy) is 1. The number of hydrogen-bond donors (Lipinski definition) is 1. The number of carbonyl (C=O) groups is 1. The van der Waals surface area contributed by atoms with E-state index in [1.165, 1.54) is 28.3 Å². The van der Waals surface area contributed by atoms with Gasteiger partial charge < -0.3 is 10.1 Å². The monoisotopic (exact) mass is 421 g/mol. The predicted molar refractivity (Wildman–Crippen MR) is 118 cm³/mol. The largest absolute Gasteiger partial charge is 0.449 e. The summed E-state index contributed by atoms with van der Waals surface area (Å²) in [5.41, 5.74) is 5.59. The molecule has 0 aromatic heterocycles. The fourth-order valence-corrected chi connectivity index (χ4v) is 3.93. The van der Waals surface area contributed by atoms with Crippen LogP contribution in [0.2, 0.25) is 5.02 Å². The van der Waals surface area contributed by atoms with Gasteiger partial charge in [-0.1, -0.05) is 78.4 Å². The summed E-state index contributed by atoms with van der Waals surface area (Å²) in [4.78, 5) is 12.1. The summed E-state index contributed by atoms with van der Waals surface area (Å²) in [5.74, 6) is -0.392. The first-order valence-corrected chi connectivity index (χ1v) is 10.2. The molecule has 1 aliphatic carbocycles. The summed E-state index contributed by atoms with van der Waals surface area (Å²) in [6.45, 7) is 0.742. The highest BCUT2D eigenvalue weighted by Crippen LogP contribution is 2.44. The fraction of sp³-hybridized carbons (Fsp3) is 0.160. The Balaban J connectivity index is 1.27. The molecular weight excluding hydrogens is 401 g/mol. The van der Waals surface area contributed by atoms with Crippen LogP contribution in [0.15, 0.2) is 72.8 Å². The summed E-state index contributed by atoms with van der Waals surface area (Å²) >= 11 is 5.76. The number of nitrogens with one attached hydrogen (secondary N) is 1. The molecular formula is C25H21ClFNO2. The van der Waals surface area contributed by atoms with Crippen LogP contribution in [0, 0.1) is 5.82 Å². The molecule has 0 heterocycles. The van der Waals surface area contributed by atoms with E-state index in [1.807, 2.05) is 36.4 Å². The van der Waals surface area contributed by atoms with E-state index in [1.54, 1.807) is 12.1 Å². The van der Waals surface area contributed by atoms with Gasteiger partial charge in [0, 0.05) is 12.5 Å². The zero-order valence-corrected chi connectivity index (χ0v) is 17.0. The molecule has 0 atom stereocenters. The molecule has 3 nitrogen and oxygen atoms in total. The average molecular weight is 422 g/mol. The molecule has 0 aliphatic heterocycles. The van der Waals surface area contributed by atoms with Gasteiger partial charge in [0.1, 0.15) is 12.4 Å². The van der Waals surface area contributed by atoms with Crippen molar-refractivity contribution in [1.82, 2.24) is 5.32 Å². The highest BCUT2D eigenvalue weighted by atomic mass is 35.5. The summed E-state index contributed by atoms with van der Waals surface area (Å²) in [7, 11) is 0. The number of alkyl carbamates (subject to hydrolysis) is 1. The van der Waals surface area contributed by atoms with Crippen molar-refractivity contribution in [3.05, 3.63) is 100 Å². The molecule has 3 aromatic rings. The third-order valence-corrected chi connectivity index (χ3v) is 5.47. The molecule has 0 bridgehead atoms. The molecule has 1 amide bonds. The Morgan fingerprint density at radius 1 is 1.03 bits per heavy atom. The first-order chi connectivity index (χ1) is 14.6. The molecule has 0 radical (unpaired) electrons. The lowest BCUT2D eigenvalue weighted by molar-refractivity contribution is 0.143. The maximum Gasteiger partial charge on any atom is 0.407 e. The molecule has 1 aliphatic rings. The molecule has 0 saturated carbocycles. The van der Waals surface area contributed by atoms with E-state index in [0.29, 0.717) is 19.6 Å². The van der Waals surface area contributed by atoms with Crippen LogP contribution in [0.4, 0.5) is 9.18 Å². The Kier molecular flexibility index (Phi) is 6.15. The van der Waals surface area contributed by atoms with Gasteiger partial charge in [0.2, 0.25) is 0 Å². The minimum Gasteiger partial charge on any atom is -0.449 e. The van der Waals surface area contributed by atoms with Crippen molar-refractivity contribution >= 4 is 23.8 Å². The second-order valence-electron chi connectivity index (χ2n) is 7.12. The highest BCUT2D eigenvalue weighted by Gasteiger charge is 2.28. The van der Waals surface area contributed by atoms with E-state index in [2.05, 4.69) is 29.6 Å². The minimum absolute atomic E-state index is 0.0475. The van der Waals surface area contributed by atoms with Crippen LogP contribution in [0.1, 0.15) is 29.0 Å². The molecule has 152 valence electrons. The van der Waals surface area contributed by atoms with Crippen LogP contribution in [0.3, 0.4) is 0 Å². The quantitative estimate of drug-likeness (QED) is 0.466. The van der Waals surface area contributed by atoms with Crippen molar-refractivity contribution in [2.45, 2.75) is 12.3 Å². The van der Waals surface area contributed by atoms with Crippen LogP contribution in [0.5, 0.6) is 0 Å². The number of halogens is 2. The molecule has 30 heavy (non-hydrogen) atoms. The molecule has 0 fully saturated rings. The number of rotatable bonds is 6. The van der Waals surface area contributed by atoms with Gasteiger partial charge in [0.15, 0.2) is 0 Å². The van der Waals surface area contributed by atoms with Crippen LogP contribution < -0.4 is 5.32 Å². The second-order valence-corrected chi connectivity index (χ2v) is 7.52. The lowest BCUT2D eigenvalue weighted by Gasteiger charge is -2.14. The highest BCUT2D eigenvalue weighted by molar-refractivity contribution is 6.30. The lowest BCUT2D eigenvalue weighted by Crippen LogP contribution is -2.26. The zero-order valence-electron chi connectivity index (χ0n) is 16.3. The minimum atomic E-state index is -0.439. The van der Waals surface area contributed by atoms with Gasteiger partial charge in [-0.3, -0.25) is 0 Å². The lowest BCUT2D eigenvalue weighted by atomic mass is 9.98. The molecule has 0 unspecified atom stereocenters. The van der Waals surface area contributed by atoms with Gasteiger partial charge in [-0.2, -0.15) is 0 Å². The summed E-state index contributed by atoms with van der Waals surface area (Å²) in [6.07, 6.45) is 3.92. The Bertz CT molecular complexity index is 1050. The number of hydrogen-bond acceptors (Lipinski definition) is 2. The van der Waals surface area contributed by atoms with Gasteiger partial charge in [0.25, 0.3) is 0 Å². The summed E-state index contributed by atoms with van der Waals surface area (Å²) in [5, 5.41) is 2.85. The standard InChI is InChI=1S/C25H21ClFNO2/c26-23-15-17(12-13-24(23)27)7-5-6-14-28-25(29)30-16-22-20-10-3-1-8-18(20)19-9-2-4-11-21(19)22/h1-5,7-13,15,22H,6,14,16H2,(H,28,29). The Morgan fingerprint density at radius 2 is 1.70 bits per heavy atom. The first-order valence-electron chi connectivity index (χ1n) is 9.84. The number of benzene rings is 3. The van der Waals surface area contributed by atoms with Gasteiger partial charge in [-0.25, -0.2) is 9.18 Å². The Morgan fingerprint density at radius 3 is 2.37 bits per heavy atom. The third-order valence-electron chi connectivity index (χ3n) is 5.18. The number of amides is 1. The van der Waals surface area contributed by atoms with Crippen molar-refractivity contribution in [1.29, 1.82) is 0 Å². The molecule has 0 spiro atoms. The Hall–Kier alpha value is -3.11. The molecule has 3 aromatic carbocycles. The number of fused-ring (bicyclic) bond motifs is 3. The first kappa shape index (κ1) is 20.2. The van der Waals surface area contributed by atoms with Crippen molar-refractivity contribution < 1.29 is 13.9 Å². The van der Waals surface area contributed by atoms with Crippen molar-refractivity contribution in [2.75, 3.05) is 13.2 Å². The van der Waals surface area contributed by atoms with Crippen LogP contribution in [-0.2, 0) is 4.74 Å². The van der Waals surface area contributed by atoms with Crippen LogP contribution >= 0.6 is 11.6 Å². The maximum atomic E-state index is 13.2. The normalized spacial score (nSPS) is 12.6. The van der Waals surface area contributed by atoms with Crippen LogP contribution in [0.25, 0.3) is 17.2 Å². The van der Waals surface area contributed by atoms with E-state index in [4.69, 9.17) is 16.3 Å².